The zero-order valence-corrected chi connectivity index (χ0v) is 40.1. The Labute approximate surface area is 368 Å². The van der Waals surface area contributed by atoms with Gasteiger partial charge in [0.05, 0.1) is 28.4 Å². The van der Waals surface area contributed by atoms with Crippen LogP contribution in [0.1, 0.15) is 55.6 Å². The van der Waals surface area contributed by atoms with Crippen LogP contribution >= 0.6 is 15.8 Å². The van der Waals surface area contributed by atoms with Gasteiger partial charge in [-0.1, -0.05) is 0 Å². The van der Waals surface area contributed by atoms with Crippen LogP contribution in [0, 0.1) is 69.2 Å². The van der Waals surface area contributed by atoms with Crippen LogP contribution in [0.5, 0.6) is 46.0 Å². The minimum atomic E-state index is -1.27. The molecule has 0 N–H and O–H groups in total. The molecule has 8 rings (SSSR count). The van der Waals surface area contributed by atoms with E-state index < -0.39 is 15.8 Å². The average molecular weight is 871 g/mol. The number of ether oxygens (including phenoxy) is 8. The van der Waals surface area contributed by atoms with E-state index in [4.69, 9.17) is 37.9 Å². The Morgan fingerprint density at radius 2 is 0.548 bits per heavy atom. The van der Waals surface area contributed by atoms with Gasteiger partial charge in [0.1, 0.15) is 23.0 Å². The molecule has 8 nitrogen and oxygen atoms in total. The molecule has 2 aliphatic rings. The normalized spacial score (nSPS) is 12.7. The molecule has 0 spiro atoms. The molecule has 2 aliphatic heterocycles. The lowest BCUT2D eigenvalue weighted by molar-refractivity contribution is 0.172. The molecule has 2 heterocycles. The molecule has 0 saturated heterocycles. The topological polar surface area (TPSA) is 73.8 Å². The van der Waals surface area contributed by atoms with Crippen molar-refractivity contribution in [3.63, 3.8) is 0 Å². The van der Waals surface area contributed by atoms with Crippen molar-refractivity contribution < 1.29 is 37.9 Å². The first-order valence-electron chi connectivity index (χ1n) is 20.8. The molecule has 0 atom stereocenters. The van der Waals surface area contributed by atoms with E-state index in [1.54, 1.807) is 28.4 Å². The number of fused-ring (bicyclic) bond motifs is 2. The SMILES string of the molecule is COc1c(C)cc(P(c2cc(C)c(OC)c(C)c2)c2cc(C)c3c(c2-c2c(P(c4cc(C)c(OC)c(C)c4)c4cc(C)c(OC)c(C)c4)cc(C)c4c2OCO4)OCO3)cc1C. The summed E-state index contributed by atoms with van der Waals surface area (Å²) >= 11 is 0. The molecule has 0 bridgehead atoms. The Bertz CT molecular complexity index is 2370. The fourth-order valence-electron chi connectivity index (χ4n) is 9.64. The molecule has 0 fully saturated rings. The molecule has 10 heteroatoms. The van der Waals surface area contributed by atoms with Crippen LogP contribution in [0.2, 0.25) is 0 Å². The quantitative estimate of drug-likeness (QED) is 0.119. The van der Waals surface area contributed by atoms with Crippen molar-refractivity contribution in [3.8, 4) is 57.1 Å². The summed E-state index contributed by atoms with van der Waals surface area (Å²) in [6.07, 6.45) is 0. The molecule has 6 aromatic rings. The maximum atomic E-state index is 6.69. The van der Waals surface area contributed by atoms with Gasteiger partial charge in [-0.25, -0.2) is 0 Å². The Hall–Kier alpha value is -5.42. The van der Waals surface area contributed by atoms with Crippen molar-refractivity contribution in [2.24, 2.45) is 0 Å². The van der Waals surface area contributed by atoms with Crippen LogP contribution in [0.4, 0.5) is 0 Å². The van der Waals surface area contributed by atoms with Crippen molar-refractivity contribution in [1.82, 2.24) is 0 Å². The van der Waals surface area contributed by atoms with Crippen LogP contribution in [0.15, 0.2) is 60.7 Å². The lowest BCUT2D eigenvalue weighted by Gasteiger charge is -2.30. The van der Waals surface area contributed by atoms with Crippen LogP contribution in [-0.2, 0) is 0 Å². The predicted octanol–water partition coefficient (Wildman–Crippen LogP) is 9.45. The third-order valence-corrected chi connectivity index (χ3v) is 16.7. The van der Waals surface area contributed by atoms with Gasteiger partial charge in [-0.15, -0.1) is 0 Å². The van der Waals surface area contributed by atoms with Crippen LogP contribution in [0.3, 0.4) is 0 Å². The highest BCUT2D eigenvalue weighted by molar-refractivity contribution is 7.80. The number of rotatable bonds is 11. The van der Waals surface area contributed by atoms with Gasteiger partial charge in [0.15, 0.2) is 23.0 Å². The van der Waals surface area contributed by atoms with E-state index in [1.165, 1.54) is 21.2 Å². The summed E-state index contributed by atoms with van der Waals surface area (Å²) in [5.74, 6) is 6.43. The third-order valence-electron chi connectivity index (χ3n) is 12.0. The number of benzene rings is 6. The Balaban J connectivity index is 1.54. The van der Waals surface area contributed by atoms with Gasteiger partial charge in [-0.3, -0.25) is 0 Å². The van der Waals surface area contributed by atoms with E-state index in [2.05, 4.69) is 130 Å². The maximum absolute atomic E-state index is 6.69. The van der Waals surface area contributed by atoms with Crippen molar-refractivity contribution in [3.05, 3.63) is 116 Å². The Morgan fingerprint density at radius 1 is 0.323 bits per heavy atom. The third kappa shape index (κ3) is 7.29. The monoisotopic (exact) mass is 870 g/mol. The zero-order valence-electron chi connectivity index (χ0n) is 38.3. The van der Waals surface area contributed by atoms with Crippen LogP contribution < -0.4 is 69.7 Å². The second kappa shape index (κ2) is 17.0. The molecule has 0 aromatic heterocycles. The second-order valence-electron chi connectivity index (χ2n) is 16.4. The van der Waals surface area contributed by atoms with Crippen molar-refractivity contribution in [2.45, 2.75) is 69.2 Å². The summed E-state index contributed by atoms with van der Waals surface area (Å²) in [6.45, 7) is 21.4. The highest BCUT2D eigenvalue weighted by atomic mass is 31.1. The maximum Gasteiger partial charge on any atom is 0.231 e. The summed E-state index contributed by atoms with van der Waals surface area (Å²) < 4.78 is 49.8. The van der Waals surface area contributed by atoms with Gasteiger partial charge in [0.25, 0.3) is 0 Å². The largest absolute Gasteiger partial charge is 0.496 e. The van der Waals surface area contributed by atoms with E-state index in [9.17, 15) is 0 Å². The molecule has 0 unspecified atom stereocenters. The van der Waals surface area contributed by atoms with E-state index in [0.29, 0.717) is 11.5 Å². The fraction of sp³-hybridized carbons (Fsp3) is 0.308. The van der Waals surface area contributed by atoms with E-state index in [0.717, 1.165) is 112 Å². The first-order chi connectivity index (χ1) is 29.7. The molecule has 322 valence electrons. The molecule has 0 aliphatic carbocycles. The van der Waals surface area contributed by atoms with E-state index in [1.807, 2.05) is 0 Å². The molecule has 0 saturated carbocycles. The van der Waals surface area contributed by atoms with Gasteiger partial charge < -0.3 is 37.9 Å². The van der Waals surface area contributed by atoms with Gasteiger partial charge in [-0.2, -0.15) is 0 Å². The summed E-state index contributed by atoms with van der Waals surface area (Å²) in [4.78, 5) is 0. The molecular formula is C52H56O8P2. The lowest BCUT2D eigenvalue weighted by atomic mass is 9.98. The first-order valence-corrected chi connectivity index (χ1v) is 23.5. The van der Waals surface area contributed by atoms with Gasteiger partial charge in [-0.05, 0) is 233 Å². The molecular weight excluding hydrogens is 815 g/mol. The molecule has 0 amide bonds. The smallest absolute Gasteiger partial charge is 0.231 e. The highest BCUT2D eigenvalue weighted by Crippen LogP contribution is 2.56. The minimum absolute atomic E-state index is 0.106. The van der Waals surface area contributed by atoms with Gasteiger partial charge >= 0.3 is 0 Å². The zero-order chi connectivity index (χ0) is 44.3. The van der Waals surface area contributed by atoms with Crippen molar-refractivity contribution >= 4 is 47.7 Å². The minimum Gasteiger partial charge on any atom is -0.496 e. The number of aryl methyl sites for hydroxylation is 10. The number of methoxy groups -OCH3 is 4. The standard InChI is InChI=1S/C52H56O8P2/c1-27-15-37(16-28(2)45(27)53-11)61(38-17-29(3)46(54-12)30(4)18-38)41-23-35(9)49-51(59-25-57-49)43(41)44-42(24-36(10)50-52(44)60-26-58-50)62(39-19-31(5)47(55-13)32(6)20-39)40-21-33(7)48(56-14)34(8)22-40/h15-24H,25-26H2,1-14H3. The second-order valence-corrected chi connectivity index (χ2v) is 20.8. The van der Waals surface area contributed by atoms with E-state index >= 15 is 0 Å². The summed E-state index contributed by atoms with van der Waals surface area (Å²) in [6, 6.07) is 22.9. The predicted molar refractivity (Wildman–Crippen MR) is 255 cm³/mol. The summed E-state index contributed by atoms with van der Waals surface area (Å²) in [5.41, 5.74) is 12.5. The average Bonchev–Trinajstić information content (AvgIpc) is 3.91. The lowest BCUT2D eigenvalue weighted by Crippen LogP contribution is -2.28. The van der Waals surface area contributed by atoms with E-state index in [-0.39, 0.29) is 13.6 Å². The fourth-order valence-corrected chi connectivity index (χ4v) is 15.4. The summed E-state index contributed by atoms with van der Waals surface area (Å²) in [5, 5.41) is 6.99. The van der Waals surface area contributed by atoms with Crippen molar-refractivity contribution in [2.75, 3.05) is 42.0 Å². The van der Waals surface area contributed by atoms with Crippen molar-refractivity contribution in [1.29, 1.82) is 0 Å². The van der Waals surface area contributed by atoms with Gasteiger partial charge in [0, 0.05) is 11.1 Å². The van der Waals surface area contributed by atoms with Gasteiger partial charge in [0.2, 0.25) is 13.6 Å². The van der Waals surface area contributed by atoms with Crippen LogP contribution in [-0.4, -0.2) is 42.0 Å². The number of hydrogen-bond donors (Lipinski definition) is 0. The Kier molecular flexibility index (Phi) is 11.9. The van der Waals surface area contributed by atoms with Crippen LogP contribution in [0.25, 0.3) is 11.1 Å². The summed E-state index contributed by atoms with van der Waals surface area (Å²) in [7, 11) is 4.42. The first kappa shape index (κ1) is 43.2. The number of hydrogen-bond acceptors (Lipinski definition) is 8. The molecule has 0 radical (unpaired) electrons. The highest BCUT2D eigenvalue weighted by Gasteiger charge is 2.38. The molecule has 62 heavy (non-hydrogen) atoms. The molecule has 6 aromatic carbocycles. The Morgan fingerprint density at radius 3 is 0.774 bits per heavy atom.